The first-order valence-electron chi connectivity index (χ1n) is 4.17. The maximum absolute atomic E-state index is 5.40. The highest BCUT2D eigenvalue weighted by Crippen LogP contribution is 2.37. The second-order valence-corrected chi connectivity index (χ2v) is 4.23. The summed E-state index contributed by atoms with van der Waals surface area (Å²) in [4.78, 5) is 1.29. The SMILES string of the molecule is CC(C)c1ccc2c(c1)SCO2. The van der Waals surface area contributed by atoms with Crippen LogP contribution in [-0.2, 0) is 0 Å². The van der Waals surface area contributed by atoms with E-state index < -0.39 is 0 Å². The molecule has 12 heavy (non-hydrogen) atoms. The molecule has 2 heteroatoms. The van der Waals surface area contributed by atoms with Crippen molar-refractivity contribution in [1.82, 2.24) is 0 Å². The van der Waals surface area contributed by atoms with Crippen molar-refractivity contribution in [2.75, 3.05) is 5.94 Å². The zero-order valence-electron chi connectivity index (χ0n) is 7.33. The van der Waals surface area contributed by atoms with Gasteiger partial charge in [0.25, 0.3) is 0 Å². The second-order valence-electron chi connectivity index (χ2n) is 3.27. The minimum absolute atomic E-state index is 0.608. The highest BCUT2D eigenvalue weighted by Gasteiger charge is 2.13. The van der Waals surface area contributed by atoms with Crippen molar-refractivity contribution in [2.24, 2.45) is 0 Å². The summed E-state index contributed by atoms with van der Waals surface area (Å²) in [7, 11) is 0. The first kappa shape index (κ1) is 7.99. The predicted octanol–water partition coefficient (Wildman–Crippen LogP) is 3.25. The number of ether oxygens (including phenoxy) is 1. The van der Waals surface area contributed by atoms with Crippen molar-refractivity contribution in [3.8, 4) is 5.75 Å². The predicted molar refractivity (Wildman–Crippen MR) is 51.9 cm³/mol. The molecule has 0 atom stereocenters. The lowest BCUT2D eigenvalue weighted by Gasteiger charge is -2.05. The third-order valence-corrected chi connectivity index (χ3v) is 2.93. The fraction of sp³-hybridized carbons (Fsp3) is 0.400. The fourth-order valence-corrected chi connectivity index (χ4v) is 2.07. The van der Waals surface area contributed by atoms with E-state index in [0.29, 0.717) is 5.92 Å². The molecule has 1 aliphatic rings. The van der Waals surface area contributed by atoms with Crippen LogP contribution in [0.25, 0.3) is 0 Å². The highest BCUT2D eigenvalue weighted by molar-refractivity contribution is 7.99. The molecule has 1 heterocycles. The zero-order chi connectivity index (χ0) is 8.55. The van der Waals surface area contributed by atoms with Crippen molar-refractivity contribution in [3.05, 3.63) is 23.8 Å². The minimum Gasteiger partial charge on any atom is -0.481 e. The molecule has 0 unspecified atom stereocenters. The number of rotatable bonds is 1. The molecule has 0 N–H and O–H groups in total. The average molecular weight is 180 g/mol. The molecule has 0 aliphatic carbocycles. The smallest absolute Gasteiger partial charge is 0.138 e. The Hall–Kier alpha value is -0.630. The van der Waals surface area contributed by atoms with Crippen molar-refractivity contribution >= 4 is 11.8 Å². The van der Waals surface area contributed by atoms with Crippen LogP contribution in [0.5, 0.6) is 5.75 Å². The topological polar surface area (TPSA) is 9.23 Å². The average Bonchev–Trinajstić information content (AvgIpc) is 2.49. The molecule has 0 spiro atoms. The Morgan fingerprint density at radius 2 is 2.25 bits per heavy atom. The largest absolute Gasteiger partial charge is 0.481 e. The van der Waals surface area contributed by atoms with Crippen LogP contribution in [0.4, 0.5) is 0 Å². The normalized spacial score (nSPS) is 14.6. The third kappa shape index (κ3) is 1.31. The summed E-state index contributed by atoms with van der Waals surface area (Å²) in [5.41, 5.74) is 1.40. The van der Waals surface area contributed by atoms with Crippen molar-refractivity contribution in [2.45, 2.75) is 24.7 Å². The lowest BCUT2D eigenvalue weighted by atomic mass is 10.0. The van der Waals surface area contributed by atoms with Crippen LogP contribution in [0, 0.1) is 0 Å². The van der Waals surface area contributed by atoms with E-state index in [2.05, 4.69) is 32.0 Å². The molecule has 0 fully saturated rings. The molecular formula is C10H12OS. The standard InChI is InChI=1S/C10H12OS/c1-7(2)8-3-4-9-10(5-8)12-6-11-9/h3-5,7H,6H2,1-2H3. The van der Waals surface area contributed by atoms with Crippen LogP contribution in [-0.4, -0.2) is 5.94 Å². The van der Waals surface area contributed by atoms with Gasteiger partial charge in [0.05, 0.1) is 4.90 Å². The number of fused-ring (bicyclic) bond motifs is 1. The van der Waals surface area contributed by atoms with Crippen molar-refractivity contribution in [1.29, 1.82) is 0 Å². The van der Waals surface area contributed by atoms with Crippen LogP contribution in [0.1, 0.15) is 25.3 Å². The Bertz CT molecular complexity index is 294. The monoisotopic (exact) mass is 180 g/mol. The lowest BCUT2D eigenvalue weighted by molar-refractivity contribution is 0.397. The van der Waals surface area contributed by atoms with E-state index in [1.165, 1.54) is 10.5 Å². The van der Waals surface area contributed by atoms with Gasteiger partial charge in [0.1, 0.15) is 11.7 Å². The van der Waals surface area contributed by atoms with Crippen molar-refractivity contribution < 1.29 is 4.74 Å². The Balaban J connectivity index is 2.39. The number of thioether (sulfide) groups is 1. The van der Waals surface area contributed by atoms with Crippen LogP contribution >= 0.6 is 11.8 Å². The Kier molecular flexibility index (Phi) is 2.01. The summed E-state index contributed by atoms with van der Waals surface area (Å²) >= 11 is 1.78. The summed E-state index contributed by atoms with van der Waals surface area (Å²) in [5.74, 6) is 2.43. The van der Waals surface area contributed by atoms with E-state index in [1.807, 2.05) is 0 Å². The van der Waals surface area contributed by atoms with E-state index >= 15 is 0 Å². The minimum atomic E-state index is 0.608. The van der Waals surface area contributed by atoms with Gasteiger partial charge in [-0.15, -0.1) is 0 Å². The molecule has 0 aromatic heterocycles. The van der Waals surface area contributed by atoms with E-state index in [0.717, 1.165) is 11.7 Å². The summed E-state index contributed by atoms with van der Waals surface area (Å²) in [6.45, 7) is 4.42. The number of hydrogen-bond acceptors (Lipinski definition) is 2. The highest BCUT2D eigenvalue weighted by atomic mass is 32.2. The Labute approximate surface area is 77.1 Å². The molecular weight excluding hydrogens is 168 g/mol. The van der Waals surface area contributed by atoms with Crippen LogP contribution in [0.15, 0.2) is 23.1 Å². The first-order valence-corrected chi connectivity index (χ1v) is 5.15. The fourth-order valence-electron chi connectivity index (χ4n) is 1.27. The molecule has 0 amide bonds. The van der Waals surface area contributed by atoms with Crippen LogP contribution < -0.4 is 4.74 Å². The molecule has 0 saturated heterocycles. The molecule has 1 nitrogen and oxygen atoms in total. The second kappa shape index (κ2) is 3.02. The molecule has 1 aliphatic heterocycles. The lowest BCUT2D eigenvalue weighted by Crippen LogP contribution is -1.87. The maximum atomic E-state index is 5.40. The molecule has 0 bridgehead atoms. The molecule has 1 aromatic rings. The quantitative estimate of drug-likeness (QED) is 0.656. The van der Waals surface area contributed by atoms with Gasteiger partial charge in [-0.25, -0.2) is 0 Å². The van der Waals surface area contributed by atoms with Gasteiger partial charge in [-0.05, 0) is 23.6 Å². The van der Waals surface area contributed by atoms with Crippen LogP contribution in [0.2, 0.25) is 0 Å². The van der Waals surface area contributed by atoms with E-state index in [4.69, 9.17) is 4.74 Å². The number of hydrogen-bond donors (Lipinski definition) is 0. The molecule has 1 aromatic carbocycles. The molecule has 2 rings (SSSR count). The van der Waals surface area contributed by atoms with Gasteiger partial charge in [0.15, 0.2) is 0 Å². The van der Waals surface area contributed by atoms with Gasteiger partial charge < -0.3 is 4.74 Å². The number of benzene rings is 1. The van der Waals surface area contributed by atoms with Crippen molar-refractivity contribution in [3.63, 3.8) is 0 Å². The Morgan fingerprint density at radius 1 is 1.42 bits per heavy atom. The maximum Gasteiger partial charge on any atom is 0.138 e. The third-order valence-electron chi connectivity index (χ3n) is 2.06. The molecule has 0 radical (unpaired) electrons. The summed E-state index contributed by atoms with van der Waals surface area (Å²) in [6, 6.07) is 6.46. The van der Waals surface area contributed by atoms with Gasteiger partial charge in [-0.3, -0.25) is 0 Å². The van der Waals surface area contributed by atoms with Gasteiger partial charge in [-0.1, -0.05) is 31.7 Å². The van der Waals surface area contributed by atoms with Crippen LogP contribution in [0.3, 0.4) is 0 Å². The van der Waals surface area contributed by atoms with E-state index in [9.17, 15) is 0 Å². The zero-order valence-corrected chi connectivity index (χ0v) is 8.15. The van der Waals surface area contributed by atoms with E-state index in [-0.39, 0.29) is 0 Å². The molecule has 64 valence electrons. The van der Waals surface area contributed by atoms with E-state index in [1.54, 1.807) is 11.8 Å². The summed E-state index contributed by atoms with van der Waals surface area (Å²) < 4.78 is 5.40. The summed E-state index contributed by atoms with van der Waals surface area (Å²) in [6.07, 6.45) is 0. The molecule has 0 saturated carbocycles. The first-order chi connectivity index (χ1) is 5.77. The van der Waals surface area contributed by atoms with Gasteiger partial charge in [0.2, 0.25) is 0 Å². The van der Waals surface area contributed by atoms with Gasteiger partial charge >= 0.3 is 0 Å². The Morgan fingerprint density at radius 3 is 3.00 bits per heavy atom. The van der Waals surface area contributed by atoms with Gasteiger partial charge in [-0.2, -0.15) is 0 Å². The van der Waals surface area contributed by atoms with Gasteiger partial charge in [0, 0.05) is 0 Å². The summed E-state index contributed by atoms with van der Waals surface area (Å²) in [5, 5.41) is 0.